The summed E-state index contributed by atoms with van der Waals surface area (Å²) >= 11 is 0. The van der Waals surface area contributed by atoms with Gasteiger partial charge in [0.1, 0.15) is 6.10 Å². The fraction of sp³-hybridized carbons (Fsp3) is 0.571. The summed E-state index contributed by atoms with van der Waals surface area (Å²) in [6.07, 6.45) is 4.86. The van der Waals surface area contributed by atoms with Crippen LogP contribution >= 0.6 is 0 Å². The Hall–Kier alpha value is -1.42. The standard InChI is InChI=1S/C14H20N2O2/c1-3-18-10(2)14(17)16-9-11-7-12-5-4-6-13(12)15-8-11/h7-8,10H,3-6,9H2,1-2H3,(H,16,17)/t10-/m0/s1. The third kappa shape index (κ3) is 3.07. The number of aryl methyl sites for hydroxylation is 2. The van der Waals surface area contributed by atoms with E-state index < -0.39 is 6.10 Å². The zero-order valence-electron chi connectivity index (χ0n) is 11.0. The Balaban J connectivity index is 1.88. The second-order valence-corrected chi connectivity index (χ2v) is 4.62. The maximum absolute atomic E-state index is 11.7. The van der Waals surface area contributed by atoms with Gasteiger partial charge in [-0.25, -0.2) is 0 Å². The van der Waals surface area contributed by atoms with Crippen molar-refractivity contribution in [3.05, 3.63) is 29.1 Å². The number of aromatic nitrogens is 1. The lowest BCUT2D eigenvalue weighted by atomic mass is 10.1. The van der Waals surface area contributed by atoms with Crippen molar-refractivity contribution in [1.82, 2.24) is 10.3 Å². The molecule has 1 aromatic rings. The minimum atomic E-state index is -0.391. The molecule has 1 N–H and O–H groups in total. The molecule has 0 aliphatic heterocycles. The predicted molar refractivity (Wildman–Crippen MR) is 69.2 cm³/mol. The van der Waals surface area contributed by atoms with Crippen LogP contribution in [0.5, 0.6) is 0 Å². The number of fused-ring (bicyclic) bond motifs is 1. The lowest BCUT2D eigenvalue weighted by Crippen LogP contribution is -2.34. The van der Waals surface area contributed by atoms with E-state index in [1.165, 1.54) is 17.7 Å². The van der Waals surface area contributed by atoms with E-state index in [1.807, 2.05) is 13.1 Å². The number of nitrogens with zero attached hydrogens (tertiary/aromatic N) is 1. The molecule has 0 bridgehead atoms. The fourth-order valence-electron chi connectivity index (χ4n) is 2.23. The Labute approximate surface area is 108 Å². The highest BCUT2D eigenvalue weighted by molar-refractivity contribution is 5.80. The first kappa shape index (κ1) is 13.0. The lowest BCUT2D eigenvalue weighted by Gasteiger charge is -2.12. The van der Waals surface area contributed by atoms with Crippen LogP contribution in [-0.2, 0) is 28.9 Å². The van der Waals surface area contributed by atoms with Crippen LogP contribution in [0, 0.1) is 0 Å². The molecule has 0 unspecified atom stereocenters. The van der Waals surface area contributed by atoms with E-state index in [-0.39, 0.29) is 5.91 Å². The zero-order chi connectivity index (χ0) is 13.0. The van der Waals surface area contributed by atoms with Gasteiger partial charge in [0.25, 0.3) is 0 Å². The van der Waals surface area contributed by atoms with Gasteiger partial charge in [-0.3, -0.25) is 9.78 Å². The molecule has 1 aromatic heterocycles. The monoisotopic (exact) mass is 248 g/mol. The van der Waals surface area contributed by atoms with Crippen molar-refractivity contribution in [1.29, 1.82) is 0 Å². The van der Waals surface area contributed by atoms with E-state index in [2.05, 4.69) is 16.4 Å². The molecule has 0 radical (unpaired) electrons. The Morgan fingerprint density at radius 2 is 2.39 bits per heavy atom. The van der Waals surface area contributed by atoms with Gasteiger partial charge in [0.05, 0.1) is 0 Å². The van der Waals surface area contributed by atoms with Crippen LogP contribution in [0.25, 0.3) is 0 Å². The van der Waals surface area contributed by atoms with Crippen molar-refractivity contribution in [2.75, 3.05) is 6.61 Å². The smallest absolute Gasteiger partial charge is 0.249 e. The predicted octanol–water partition coefficient (Wildman–Crippen LogP) is 1.61. The van der Waals surface area contributed by atoms with Crippen LogP contribution in [0.2, 0.25) is 0 Å². The molecule has 1 atom stereocenters. The van der Waals surface area contributed by atoms with E-state index in [0.29, 0.717) is 13.2 Å². The van der Waals surface area contributed by atoms with Gasteiger partial charge in [-0.2, -0.15) is 0 Å². The number of carbonyl (C=O) groups excluding carboxylic acids is 1. The topological polar surface area (TPSA) is 51.2 Å². The van der Waals surface area contributed by atoms with Crippen LogP contribution in [0.3, 0.4) is 0 Å². The summed E-state index contributed by atoms with van der Waals surface area (Å²) in [6.45, 7) is 4.72. The SMILES string of the molecule is CCO[C@@H](C)C(=O)NCc1cnc2c(c1)CCC2. The Morgan fingerprint density at radius 1 is 1.56 bits per heavy atom. The molecule has 4 nitrogen and oxygen atoms in total. The fourth-order valence-corrected chi connectivity index (χ4v) is 2.23. The van der Waals surface area contributed by atoms with Gasteiger partial charge in [-0.15, -0.1) is 0 Å². The normalized spacial score (nSPS) is 15.2. The molecule has 1 heterocycles. The lowest BCUT2D eigenvalue weighted by molar-refractivity contribution is -0.131. The highest BCUT2D eigenvalue weighted by Crippen LogP contribution is 2.20. The number of pyridine rings is 1. The van der Waals surface area contributed by atoms with Crippen LogP contribution in [-0.4, -0.2) is 23.6 Å². The largest absolute Gasteiger partial charge is 0.369 e. The van der Waals surface area contributed by atoms with Crippen molar-refractivity contribution in [2.24, 2.45) is 0 Å². The number of hydrogen-bond donors (Lipinski definition) is 1. The molecule has 0 spiro atoms. The summed E-state index contributed by atoms with van der Waals surface area (Å²) < 4.78 is 5.24. The number of rotatable bonds is 5. The Bertz CT molecular complexity index is 432. The van der Waals surface area contributed by atoms with Gasteiger partial charge >= 0.3 is 0 Å². The molecule has 2 rings (SSSR count). The van der Waals surface area contributed by atoms with E-state index in [9.17, 15) is 4.79 Å². The third-order valence-corrected chi connectivity index (χ3v) is 3.23. The molecule has 0 fully saturated rings. The summed E-state index contributed by atoms with van der Waals surface area (Å²) in [7, 11) is 0. The second kappa shape index (κ2) is 5.96. The van der Waals surface area contributed by atoms with Gasteiger partial charge in [-0.05, 0) is 44.2 Å². The van der Waals surface area contributed by atoms with E-state index in [0.717, 1.165) is 18.4 Å². The Kier molecular flexibility index (Phi) is 4.31. The maximum atomic E-state index is 11.7. The van der Waals surface area contributed by atoms with Crippen LogP contribution < -0.4 is 5.32 Å². The van der Waals surface area contributed by atoms with Gasteiger partial charge in [0.2, 0.25) is 5.91 Å². The summed E-state index contributed by atoms with van der Waals surface area (Å²) in [6, 6.07) is 2.15. The zero-order valence-corrected chi connectivity index (χ0v) is 11.0. The molecule has 0 aromatic carbocycles. The maximum Gasteiger partial charge on any atom is 0.249 e. The summed E-state index contributed by atoms with van der Waals surface area (Å²) in [5.74, 6) is -0.0719. The van der Waals surface area contributed by atoms with Crippen molar-refractivity contribution in [2.45, 2.75) is 45.8 Å². The third-order valence-electron chi connectivity index (χ3n) is 3.23. The quantitative estimate of drug-likeness (QED) is 0.861. The highest BCUT2D eigenvalue weighted by Gasteiger charge is 2.14. The van der Waals surface area contributed by atoms with Crippen molar-refractivity contribution in [3.8, 4) is 0 Å². The minimum Gasteiger partial charge on any atom is -0.369 e. The molecule has 4 heteroatoms. The molecular weight excluding hydrogens is 228 g/mol. The molecule has 18 heavy (non-hydrogen) atoms. The molecule has 1 aliphatic rings. The van der Waals surface area contributed by atoms with E-state index >= 15 is 0 Å². The van der Waals surface area contributed by atoms with Crippen LogP contribution in [0.1, 0.15) is 37.1 Å². The average molecular weight is 248 g/mol. The van der Waals surface area contributed by atoms with Crippen LogP contribution in [0.4, 0.5) is 0 Å². The summed E-state index contributed by atoms with van der Waals surface area (Å²) in [4.78, 5) is 16.1. The van der Waals surface area contributed by atoms with Gasteiger partial charge in [0, 0.05) is 25.0 Å². The molecule has 0 saturated carbocycles. The first-order valence-electron chi connectivity index (χ1n) is 6.56. The van der Waals surface area contributed by atoms with Crippen molar-refractivity contribution in [3.63, 3.8) is 0 Å². The summed E-state index contributed by atoms with van der Waals surface area (Å²) in [5, 5.41) is 2.87. The van der Waals surface area contributed by atoms with Crippen LogP contribution in [0.15, 0.2) is 12.3 Å². The highest BCUT2D eigenvalue weighted by atomic mass is 16.5. The second-order valence-electron chi connectivity index (χ2n) is 4.62. The molecule has 1 aliphatic carbocycles. The van der Waals surface area contributed by atoms with E-state index in [1.54, 1.807) is 6.92 Å². The van der Waals surface area contributed by atoms with Gasteiger partial charge in [0.15, 0.2) is 0 Å². The van der Waals surface area contributed by atoms with E-state index in [4.69, 9.17) is 4.74 Å². The molecule has 0 saturated heterocycles. The summed E-state index contributed by atoms with van der Waals surface area (Å²) in [5.41, 5.74) is 3.61. The number of nitrogens with one attached hydrogen (secondary N) is 1. The first-order valence-corrected chi connectivity index (χ1v) is 6.56. The van der Waals surface area contributed by atoms with Gasteiger partial charge < -0.3 is 10.1 Å². The average Bonchev–Trinajstić information content (AvgIpc) is 2.83. The van der Waals surface area contributed by atoms with Crippen molar-refractivity contribution >= 4 is 5.91 Å². The minimum absolute atomic E-state index is 0.0719. The molecular formula is C14H20N2O2. The van der Waals surface area contributed by atoms with Crippen molar-refractivity contribution < 1.29 is 9.53 Å². The number of hydrogen-bond acceptors (Lipinski definition) is 3. The van der Waals surface area contributed by atoms with Gasteiger partial charge in [-0.1, -0.05) is 6.07 Å². The molecule has 1 amide bonds. The number of carbonyl (C=O) groups is 1. The number of amides is 1. The number of ether oxygens (including phenoxy) is 1. The first-order chi connectivity index (χ1) is 8.70. The Morgan fingerprint density at radius 3 is 3.17 bits per heavy atom. The molecule has 98 valence electrons.